The first kappa shape index (κ1) is 11.4. The van der Waals surface area contributed by atoms with Gasteiger partial charge in [0.25, 0.3) is 0 Å². The third-order valence-electron chi connectivity index (χ3n) is 2.44. The van der Waals surface area contributed by atoms with Crippen LogP contribution < -0.4 is 0 Å². The van der Waals surface area contributed by atoms with E-state index < -0.39 is 0 Å². The van der Waals surface area contributed by atoms with E-state index in [2.05, 4.69) is 24.0 Å². The fourth-order valence-electron chi connectivity index (χ4n) is 1.55. The van der Waals surface area contributed by atoms with Crippen LogP contribution in [0.25, 0.3) is 10.9 Å². The van der Waals surface area contributed by atoms with Gasteiger partial charge in [0.2, 0.25) is 0 Å². The smallest absolute Gasteiger partial charge is 0.1000 e. The number of nitrogens with zero attached hydrogens (tertiary/aromatic N) is 1. The number of benzene rings is 1. The molecule has 1 atom stereocenters. The summed E-state index contributed by atoms with van der Waals surface area (Å²) in [6, 6.07) is 10.2. The van der Waals surface area contributed by atoms with Gasteiger partial charge in [0.05, 0.1) is 17.1 Å². The zero-order chi connectivity index (χ0) is 11.5. The molecular weight excluding hydrogens is 218 g/mol. The topological polar surface area (TPSA) is 33.1 Å². The van der Waals surface area contributed by atoms with Crippen molar-refractivity contribution in [3.8, 4) is 0 Å². The molecule has 16 heavy (non-hydrogen) atoms. The minimum absolute atomic E-state index is 0.179. The maximum Gasteiger partial charge on any atom is 0.1000 e. The predicted molar refractivity (Wildman–Crippen MR) is 68.9 cm³/mol. The molecule has 0 saturated carbocycles. The van der Waals surface area contributed by atoms with Gasteiger partial charge in [0.1, 0.15) is 0 Å². The number of hydrogen-bond donors (Lipinski definition) is 1. The first-order chi connectivity index (χ1) is 7.70. The summed E-state index contributed by atoms with van der Waals surface area (Å²) >= 11 is 1.62. The lowest BCUT2D eigenvalue weighted by atomic mass is 10.2. The second kappa shape index (κ2) is 4.85. The molecule has 0 bridgehead atoms. The molecule has 1 unspecified atom stereocenters. The number of thioether (sulfide) groups is 1. The van der Waals surface area contributed by atoms with Gasteiger partial charge in [-0.2, -0.15) is 0 Å². The first-order valence-electron chi connectivity index (χ1n) is 5.34. The van der Waals surface area contributed by atoms with Crippen molar-refractivity contribution in [2.75, 3.05) is 6.61 Å². The van der Waals surface area contributed by atoms with Gasteiger partial charge >= 0.3 is 0 Å². The van der Waals surface area contributed by atoms with Crippen molar-refractivity contribution < 1.29 is 5.11 Å². The summed E-state index contributed by atoms with van der Waals surface area (Å²) in [5, 5.41) is 11.4. The molecule has 0 aliphatic carbocycles. The molecule has 0 aliphatic rings. The third-order valence-corrected chi connectivity index (χ3v) is 3.63. The van der Waals surface area contributed by atoms with E-state index in [1.807, 2.05) is 25.1 Å². The standard InChI is InChI=1S/C13H15NOS/c1-9-7-11-5-3-4-6-12(11)14-13(9)16-10(2)8-15/h3-7,10,15H,8H2,1-2H3. The average Bonchev–Trinajstić information content (AvgIpc) is 2.30. The summed E-state index contributed by atoms with van der Waals surface area (Å²) in [5.41, 5.74) is 2.18. The van der Waals surface area contributed by atoms with Crippen molar-refractivity contribution in [1.29, 1.82) is 0 Å². The Hall–Kier alpha value is -1.06. The molecule has 1 heterocycles. The van der Waals surface area contributed by atoms with Gasteiger partial charge in [-0.3, -0.25) is 0 Å². The lowest BCUT2D eigenvalue weighted by Crippen LogP contribution is -2.03. The van der Waals surface area contributed by atoms with Crippen molar-refractivity contribution >= 4 is 22.7 Å². The molecule has 1 N–H and O–H groups in total. The number of aliphatic hydroxyl groups excluding tert-OH is 1. The van der Waals surface area contributed by atoms with Gasteiger partial charge in [0, 0.05) is 10.6 Å². The molecular formula is C13H15NOS. The van der Waals surface area contributed by atoms with Gasteiger partial charge in [-0.15, -0.1) is 11.8 Å². The van der Waals surface area contributed by atoms with Crippen LogP contribution in [0, 0.1) is 6.92 Å². The van der Waals surface area contributed by atoms with Crippen LogP contribution in [0.1, 0.15) is 12.5 Å². The molecule has 2 rings (SSSR count). The Morgan fingerprint density at radius 3 is 2.88 bits per heavy atom. The number of hydrogen-bond acceptors (Lipinski definition) is 3. The summed E-state index contributed by atoms with van der Waals surface area (Å²) in [7, 11) is 0. The summed E-state index contributed by atoms with van der Waals surface area (Å²) < 4.78 is 0. The van der Waals surface area contributed by atoms with E-state index in [1.165, 1.54) is 10.9 Å². The molecule has 1 aromatic heterocycles. The van der Waals surface area contributed by atoms with E-state index in [1.54, 1.807) is 11.8 Å². The first-order valence-corrected chi connectivity index (χ1v) is 6.22. The van der Waals surface area contributed by atoms with E-state index >= 15 is 0 Å². The van der Waals surface area contributed by atoms with Gasteiger partial charge < -0.3 is 5.11 Å². The Bertz CT molecular complexity index is 498. The Morgan fingerprint density at radius 2 is 2.12 bits per heavy atom. The highest BCUT2D eigenvalue weighted by molar-refractivity contribution is 7.99. The molecule has 0 amide bonds. The van der Waals surface area contributed by atoms with Crippen LogP contribution in [0.15, 0.2) is 35.4 Å². The summed E-state index contributed by atoms with van der Waals surface area (Å²) in [5.74, 6) is 0. The molecule has 1 aromatic carbocycles. The van der Waals surface area contributed by atoms with Crippen LogP contribution in [-0.4, -0.2) is 21.9 Å². The second-order valence-electron chi connectivity index (χ2n) is 3.91. The highest BCUT2D eigenvalue weighted by Gasteiger charge is 2.08. The van der Waals surface area contributed by atoms with Crippen molar-refractivity contribution in [2.45, 2.75) is 24.1 Å². The molecule has 2 aromatic rings. The fraction of sp³-hybridized carbons (Fsp3) is 0.308. The number of aryl methyl sites for hydroxylation is 1. The van der Waals surface area contributed by atoms with E-state index in [9.17, 15) is 0 Å². The molecule has 3 heteroatoms. The van der Waals surface area contributed by atoms with Gasteiger partial charge in [-0.25, -0.2) is 4.98 Å². The number of rotatable bonds is 3. The zero-order valence-corrected chi connectivity index (χ0v) is 10.3. The monoisotopic (exact) mass is 233 g/mol. The number of aromatic nitrogens is 1. The van der Waals surface area contributed by atoms with E-state index in [0.717, 1.165) is 10.5 Å². The summed E-state index contributed by atoms with van der Waals surface area (Å²) in [4.78, 5) is 4.61. The number of aliphatic hydroxyl groups is 1. The highest BCUT2D eigenvalue weighted by Crippen LogP contribution is 2.27. The average molecular weight is 233 g/mol. The predicted octanol–water partition coefficient (Wildman–Crippen LogP) is 3.02. The van der Waals surface area contributed by atoms with Crippen LogP contribution in [0.5, 0.6) is 0 Å². The molecule has 2 nitrogen and oxygen atoms in total. The molecule has 0 spiro atoms. The van der Waals surface area contributed by atoms with Crippen LogP contribution in [0.4, 0.5) is 0 Å². The van der Waals surface area contributed by atoms with Crippen LogP contribution in [0.3, 0.4) is 0 Å². The molecule has 84 valence electrons. The van der Waals surface area contributed by atoms with E-state index in [4.69, 9.17) is 5.11 Å². The molecule has 0 aliphatic heterocycles. The minimum atomic E-state index is 0.179. The molecule has 0 radical (unpaired) electrons. The minimum Gasteiger partial charge on any atom is -0.395 e. The van der Waals surface area contributed by atoms with E-state index in [-0.39, 0.29) is 11.9 Å². The van der Waals surface area contributed by atoms with Crippen molar-refractivity contribution in [1.82, 2.24) is 4.98 Å². The van der Waals surface area contributed by atoms with Gasteiger partial charge in [-0.1, -0.05) is 25.1 Å². The quantitative estimate of drug-likeness (QED) is 0.827. The van der Waals surface area contributed by atoms with Crippen LogP contribution >= 0.6 is 11.8 Å². The van der Waals surface area contributed by atoms with Crippen LogP contribution in [-0.2, 0) is 0 Å². The van der Waals surface area contributed by atoms with Gasteiger partial charge in [0.15, 0.2) is 0 Å². The maximum absolute atomic E-state index is 9.05. The molecule has 0 saturated heterocycles. The third kappa shape index (κ3) is 2.36. The zero-order valence-electron chi connectivity index (χ0n) is 9.47. The lowest BCUT2D eigenvalue weighted by Gasteiger charge is -2.10. The molecule has 0 fully saturated rings. The fourth-order valence-corrected chi connectivity index (χ4v) is 2.40. The summed E-state index contributed by atoms with van der Waals surface area (Å²) in [6.45, 7) is 4.24. The second-order valence-corrected chi connectivity index (χ2v) is 5.34. The highest BCUT2D eigenvalue weighted by atomic mass is 32.2. The summed E-state index contributed by atoms with van der Waals surface area (Å²) in [6.07, 6.45) is 0. The van der Waals surface area contributed by atoms with Gasteiger partial charge in [-0.05, 0) is 24.6 Å². The number of para-hydroxylation sites is 1. The Labute approximate surface area is 99.7 Å². The van der Waals surface area contributed by atoms with Crippen molar-refractivity contribution in [3.05, 3.63) is 35.9 Å². The lowest BCUT2D eigenvalue weighted by molar-refractivity contribution is 0.300. The van der Waals surface area contributed by atoms with E-state index in [0.29, 0.717) is 0 Å². The van der Waals surface area contributed by atoms with Crippen molar-refractivity contribution in [2.24, 2.45) is 0 Å². The van der Waals surface area contributed by atoms with Crippen LogP contribution in [0.2, 0.25) is 0 Å². The SMILES string of the molecule is Cc1cc2ccccc2nc1SC(C)CO. The Balaban J connectivity index is 2.42. The Kier molecular flexibility index (Phi) is 3.46. The normalized spacial score (nSPS) is 12.9. The number of fused-ring (bicyclic) bond motifs is 1. The number of pyridine rings is 1. The maximum atomic E-state index is 9.05. The Morgan fingerprint density at radius 1 is 1.38 bits per heavy atom. The van der Waals surface area contributed by atoms with Crippen molar-refractivity contribution in [3.63, 3.8) is 0 Å². The largest absolute Gasteiger partial charge is 0.395 e.